The Balaban J connectivity index is 2.14. The van der Waals surface area contributed by atoms with E-state index < -0.39 is 0 Å². The van der Waals surface area contributed by atoms with Crippen LogP contribution >= 0.6 is 0 Å². The fourth-order valence-electron chi connectivity index (χ4n) is 2.68. The molecule has 0 saturated carbocycles. The second-order valence-electron chi connectivity index (χ2n) is 5.67. The van der Waals surface area contributed by atoms with Crippen molar-refractivity contribution in [2.45, 2.75) is 52.6 Å². The normalized spacial score (nSPS) is 19.1. The summed E-state index contributed by atoms with van der Waals surface area (Å²) in [6, 6.07) is 2.47. The number of amides is 1. The number of nitrogens with zero attached hydrogens (tertiary/aromatic N) is 1. The molecule has 0 aromatic carbocycles. The van der Waals surface area contributed by atoms with Crippen molar-refractivity contribution in [3.05, 3.63) is 23.2 Å². The zero-order chi connectivity index (χ0) is 14.0. The lowest BCUT2D eigenvalue weighted by molar-refractivity contribution is 0.0687. The summed E-state index contributed by atoms with van der Waals surface area (Å²) in [6.45, 7) is 9.70. The molecule has 4 nitrogen and oxygen atoms in total. The van der Waals surface area contributed by atoms with E-state index >= 15 is 0 Å². The van der Waals surface area contributed by atoms with Crippen molar-refractivity contribution >= 4 is 5.91 Å². The lowest BCUT2D eigenvalue weighted by Gasteiger charge is -2.29. The summed E-state index contributed by atoms with van der Waals surface area (Å²) in [6.07, 6.45) is 2.36. The van der Waals surface area contributed by atoms with Crippen molar-refractivity contribution in [1.82, 2.24) is 10.2 Å². The Morgan fingerprint density at radius 1 is 1.53 bits per heavy atom. The number of hydrogen-bond acceptors (Lipinski definition) is 3. The number of carbonyl (C=O) groups excluding carboxylic acids is 1. The molecule has 2 heterocycles. The number of carbonyl (C=O) groups is 1. The van der Waals surface area contributed by atoms with Gasteiger partial charge in [0, 0.05) is 18.6 Å². The fraction of sp³-hybridized carbons (Fsp3) is 0.667. The van der Waals surface area contributed by atoms with Crippen molar-refractivity contribution in [1.29, 1.82) is 0 Å². The number of aryl methyl sites for hydroxylation is 2. The van der Waals surface area contributed by atoms with E-state index in [1.54, 1.807) is 0 Å². The predicted octanol–water partition coefficient (Wildman–Crippen LogP) is 2.50. The molecule has 0 radical (unpaired) electrons. The molecule has 1 unspecified atom stereocenters. The molecule has 106 valence electrons. The summed E-state index contributed by atoms with van der Waals surface area (Å²) in [5.41, 5.74) is 0.698. The first-order valence-electron chi connectivity index (χ1n) is 7.10. The molecule has 1 aromatic heterocycles. The maximum atomic E-state index is 12.6. The molecular formula is C15H24N2O2. The van der Waals surface area contributed by atoms with Crippen molar-refractivity contribution in [3.63, 3.8) is 0 Å². The van der Waals surface area contributed by atoms with Crippen LogP contribution in [0.3, 0.4) is 0 Å². The Morgan fingerprint density at radius 2 is 2.26 bits per heavy atom. The quantitative estimate of drug-likeness (QED) is 0.909. The molecular weight excluding hydrogens is 240 g/mol. The average Bonchev–Trinajstić information content (AvgIpc) is 2.94. The van der Waals surface area contributed by atoms with Gasteiger partial charge in [-0.2, -0.15) is 0 Å². The molecule has 1 saturated heterocycles. The van der Waals surface area contributed by atoms with Crippen LogP contribution in [0.15, 0.2) is 10.5 Å². The maximum absolute atomic E-state index is 12.6. The summed E-state index contributed by atoms with van der Waals surface area (Å²) >= 11 is 0. The Hall–Kier alpha value is -1.29. The van der Waals surface area contributed by atoms with E-state index in [0.717, 1.165) is 25.3 Å². The van der Waals surface area contributed by atoms with Gasteiger partial charge in [0.1, 0.15) is 11.5 Å². The third-order valence-electron chi connectivity index (χ3n) is 3.74. The van der Waals surface area contributed by atoms with Gasteiger partial charge in [-0.25, -0.2) is 0 Å². The molecule has 0 aliphatic carbocycles. The maximum Gasteiger partial charge on any atom is 0.257 e. The highest BCUT2D eigenvalue weighted by Crippen LogP contribution is 2.18. The summed E-state index contributed by atoms with van der Waals surface area (Å²) in [7, 11) is 0. The Bertz CT molecular complexity index is 445. The van der Waals surface area contributed by atoms with Gasteiger partial charge in [0.15, 0.2) is 0 Å². The second-order valence-corrected chi connectivity index (χ2v) is 5.67. The van der Waals surface area contributed by atoms with Crippen LogP contribution in [0.25, 0.3) is 0 Å². The molecule has 0 bridgehead atoms. The number of nitrogens with one attached hydrogen (secondary N) is 1. The predicted molar refractivity (Wildman–Crippen MR) is 75.4 cm³/mol. The van der Waals surface area contributed by atoms with E-state index in [-0.39, 0.29) is 11.9 Å². The topological polar surface area (TPSA) is 45.5 Å². The molecule has 1 aliphatic heterocycles. The molecule has 19 heavy (non-hydrogen) atoms. The van der Waals surface area contributed by atoms with Crippen LogP contribution < -0.4 is 5.32 Å². The molecule has 1 aromatic rings. The van der Waals surface area contributed by atoms with Gasteiger partial charge in [-0.15, -0.1) is 0 Å². The largest absolute Gasteiger partial charge is 0.466 e. The molecule has 1 N–H and O–H groups in total. The third-order valence-corrected chi connectivity index (χ3v) is 3.74. The van der Waals surface area contributed by atoms with Crippen LogP contribution in [0.2, 0.25) is 0 Å². The van der Waals surface area contributed by atoms with Crippen molar-refractivity contribution in [2.75, 3.05) is 13.1 Å². The zero-order valence-corrected chi connectivity index (χ0v) is 12.3. The monoisotopic (exact) mass is 264 g/mol. The number of rotatable bonds is 4. The standard InChI is InChI=1S/C15H24N2O2/c1-10(2)17(9-13-6-5-7-16-13)15(18)14-8-11(3)19-12(14)4/h8,10,13,16H,5-7,9H2,1-4H3. The summed E-state index contributed by atoms with van der Waals surface area (Å²) in [4.78, 5) is 14.6. The van der Waals surface area contributed by atoms with Gasteiger partial charge < -0.3 is 14.6 Å². The van der Waals surface area contributed by atoms with Gasteiger partial charge in [-0.1, -0.05) is 0 Å². The molecule has 1 atom stereocenters. The van der Waals surface area contributed by atoms with Crippen molar-refractivity contribution in [3.8, 4) is 0 Å². The fourth-order valence-corrected chi connectivity index (χ4v) is 2.68. The molecule has 2 rings (SSSR count). The van der Waals surface area contributed by atoms with Gasteiger partial charge in [0.2, 0.25) is 0 Å². The number of furan rings is 1. The van der Waals surface area contributed by atoms with Gasteiger partial charge in [0.25, 0.3) is 5.91 Å². The lowest BCUT2D eigenvalue weighted by Crippen LogP contribution is -2.44. The highest BCUT2D eigenvalue weighted by molar-refractivity contribution is 5.95. The first kappa shape index (κ1) is 14.1. The third kappa shape index (κ3) is 3.18. The van der Waals surface area contributed by atoms with E-state index in [1.807, 2.05) is 24.8 Å². The zero-order valence-electron chi connectivity index (χ0n) is 12.3. The Kier molecular flexibility index (Phi) is 4.30. The van der Waals surface area contributed by atoms with E-state index in [9.17, 15) is 4.79 Å². The smallest absolute Gasteiger partial charge is 0.257 e. The highest BCUT2D eigenvalue weighted by atomic mass is 16.3. The molecule has 0 spiro atoms. The van der Waals surface area contributed by atoms with Gasteiger partial charge >= 0.3 is 0 Å². The Labute approximate surface area is 115 Å². The lowest BCUT2D eigenvalue weighted by atomic mass is 10.1. The van der Waals surface area contributed by atoms with Crippen LogP contribution in [-0.4, -0.2) is 36.0 Å². The minimum Gasteiger partial charge on any atom is -0.466 e. The molecule has 1 aliphatic rings. The van der Waals surface area contributed by atoms with Crippen LogP contribution in [0.5, 0.6) is 0 Å². The van der Waals surface area contributed by atoms with E-state index in [1.165, 1.54) is 6.42 Å². The second kappa shape index (κ2) is 5.78. The van der Waals surface area contributed by atoms with Gasteiger partial charge in [-0.3, -0.25) is 4.79 Å². The minimum absolute atomic E-state index is 0.0815. The minimum atomic E-state index is 0.0815. The van der Waals surface area contributed by atoms with Gasteiger partial charge in [0.05, 0.1) is 5.56 Å². The average molecular weight is 264 g/mol. The summed E-state index contributed by atoms with van der Waals surface area (Å²) in [5, 5.41) is 3.45. The molecule has 1 fully saturated rings. The van der Waals surface area contributed by atoms with Crippen LogP contribution in [0.1, 0.15) is 48.6 Å². The van der Waals surface area contributed by atoms with Gasteiger partial charge in [-0.05, 0) is 53.1 Å². The molecule has 1 amide bonds. The Morgan fingerprint density at radius 3 is 2.74 bits per heavy atom. The first-order chi connectivity index (χ1) is 8.99. The number of hydrogen-bond donors (Lipinski definition) is 1. The van der Waals surface area contributed by atoms with Crippen LogP contribution in [-0.2, 0) is 0 Å². The van der Waals surface area contributed by atoms with E-state index in [2.05, 4.69) is 19.2 Å². The van der Waals surface area contributed by atoms with E-state index in [0.29, 0.717) is 17.4 Å². The van der Waals surface area contributed by atoms with Crippen molar-refractivity contribution < 1.29 is 9.21 Å². The SMILES string of the molecule is Cc1cc(C(=O)N(CC2CCCN2)C(C)C)c(C)o1. The molecule has 4 heteroatoms. The summed E-state index contributed by atoms with van der Waals surface area (Å²) < 4.78 is 5.47. The first-order valence-corrected chi connectivity index (χ1v) is 7.10. The van der Waals surface area contributed by atoms with Crippen LogP contribution in [0.4, 0.5) is 0 Å². The van der Waals surface area contributed by atoms with Crippen LogP contribution in [0, 0.1) is 13.8 Å². The highest BCUT2D eigenvalue weighted by Gasteiger charge is 2.26. The summed E-state index contributed by atoms with van der Waals surface area (Å²) in [5.74, 6) is 1.59. The van der Waals surface area contributed by atoms with Crippen molar-refractivity contribution in [2.24, 2.45) is 0 Å². The van der Waals surface area contributed by atoms with E-state index in [4.69, 9.17) is 4.42 Å².